The van der Waals surface area contributed by atoms with Gasteiger partial charge in [0.2, 0.25) is 11.1 Å². The van der Waals surface area contributed by atoms with Crippen LogP contribution in [0.2, 0.25) is 0 Å². The minimum absolute atomic E-state index is 0.0138. The molecule has 1 amide bonds. The number of ether oxygens (including phenoxy) is 1. The number of carbonyl (C=O) groups is 1. The molecule has 1 spiro atoms. The summed E-state index contributed by atoms with van der Waals surface area (Å²) in [5, 5.41) is 12.3. The summed E-state index contributed by atoms with van der Waals surface area (Å²) in [5.74, 6) is 1.53. The van der Waals surface area contributed by atoms with E-state index in [1.807, 2.05) is 59.3 Å². The Balaban J connectivity index is 1.46. The first-order valence-corrected chi connectivity index (χ1v) is 11.5. The molecular weight excluding hydrogens is 410 g/mol. The monoisotopic (exact) mass is 435 g/mol. The van der Waals surface area contributed by atoms with Gasteiger partial charge in [0, 0.05) is 11.3 Å². The Morgan fingerprint density at radius 2 is 1.84 bits per heavy atom. The van der Waals surface area contributed by atoms with Gasteiger partial charge in [0.25, 0.3) is 0 Å². The highest BCUT2D eigenvalue weighted by atomic mass is 32.2. The van der Waals surface area contributed by atoms with Crippen molar-refractivity contribution < 1.29 is 9.53 Å². The maximum Gasteiger partial charge on any atom is 0.240 e. The molecule has 31 heavy (non-hydrogen) atoms. The molecule has 1 aromatic heterocycles. The maximum absolute atomic E-state index is 13.4. The molecule has 1 atom stereocenters. The second-order valence-electron chi connectivity index (χ2n) is 8.05. The number of anilines is 1. The van der Waals surface area contributed by atoms with E-state index in [9.17, 15) is 4.79 Å². The zero-order valence-corrected chi connectivity index (χ0v) is 18.2. The van der Waals surface area contributed by atoms with Crippen LogP contribution in [0.3, 0.4) is 0 Å². The summed E-state index contributed by atoms with van der Waals surface area (Å²) in [7, 11) is 1.63. The average Bonchev–Trinajstić information content (AvgIpc) is 3.22. The fraction of sp³-hybridized carbons (Fsp3) is 0.348. The lowest BCUT2D eigenvalue weighted by Gasteiger charge is -2.46. The predicted molar refractivity (Wildman–Crippen MR) is 122 cm³/mol. The first-order valence-electron chi connectivity index (χ1n) is 10.6. The van der Waals surface area contributed by atoms with E-state index in [0.717, 1.165) is 48.5 Å². The number of rotatable bonds is 4. The van der Waals surface area contributed by atoms with Crippen LogP contribution in [0, 0.1) is 0 Å². The minimum Gasteiger partial charge on any atom is -0.497 e. The summed E-state index contributed by atoms with van der Waals surface area (Å²) < 4.78 is 7.19. The van der Waals surface area contributed by atoms with Crippen LogP contribution in [0.5, 0.6) is 5.75 Å². The van der Waals surface area contributed by atoms with Crippen molar-refractivity contribution in [3.05, 3.63) is 54.6 Å². The molecule has 0 saturated heterocycles. The molecule has 1 saturated carbocycles. The Kier molecular flexibility index (Phi) is 5.31. The van der Waals surface area contributed by atoms with Gasteiger partial charge in [-0.15, -0.1) is 10.2 Å². The number of carbonyl (C=O) groups excluding carboxylic acids is 1. The molecule has 7 nitrogen and oxygen atoms in total. The maximum atomic E-state index is 13.4. The van der Waals surface area contributed by atoms with Gasteiger partial charge in [0.15, 0.2) is 5.82 Å². The number of thioether (sulfide) groups is 1. The molecule has 2 N–H and O–H groups in total. The number of fused-ring (bicyclic) bond motifs is 1. The first kappa shape index (κ1) is 19.9. The summed E-state index contributed by atoms with van der Waals surface area (Å²) in [6.07, 6.45) is 5.26. The number of amides is 1. The second kappa shape index (κ2) is 8.26. The number of hydrogen-bond donors (Lipinski definition) is 2. The van der Waals surface area contributed by atoms with Crippen molar-refractivity contribution in [2.24, 2.45) is 0 Å². The van der Waals surface area contributed by atoms with Crippen LogP contribution in [0.25, 0.3) is 11.4 Å². The second-order valence-corrected chi connectivity index (χ2v) is 9.12. The number of aromatic nitrogens is 3. The van der Waals surface area contributed by atoms with Crippen LogP contribution < -0.4 is 15.5 Å². The van der Waals surface area contributed by atoms with E-state index in [2.05, 4.69) is 20.9 Å². The molecule has 160 valence electrons. The fourth-order valence-electron chi connectivity index (χ4n) is 4.46. The molecule has 1 aliphatic carbocycles. The fourth-order valence-corrected chi connectivity index (χ4v) is 5.68. The molecule has 2 aliphatic rings. The van der Waals surface area contributed by atoms with E-state index in [-0.39, 0.29) is 16.7 Å². The van der Waals surface area contributed by atoms with Crippen LogP contribution in [0.4, 0.5) is 5.69 Å². The van der Waals surface area contributed by atoms with E-state index >= 15 is 0 Å². The third kappa shape index (κ3) is 3.76. The van der Waals surface area contributed by atoms with E-state index in [1.54, 1.807) is 7.11 Å². The van der Waals surface area contributed by atoms with Crippen molar-refractivity contribution in [1.82, 2.24) is 14.9 Å². The van der Waals surface area contributed by atoms with Gasteiger partial charge in [0.05, 0.1) is 12.6 Å². The molecule has 1 fully saturated rings. The Hall–Kier alpha value is -3.00. The summed E-state index contributed by atoms with van der Waals surface area (Å²) in [6.45, 7) is 0. The topological polar surface area (TPSA) is 81.1 Å². The SMILES string of the molecule is COc1ccc(NC(=O)[C@@H]2Sc3nnc(-c4ccccc4)n3NC23CCCCC3)cc1. The first-order chi connectivity index (χ1) is 15.2. The van der Waals surface area contributed by atoms with Gasteiger partial charge >= 0.3 is 0 Å². The van der Waals surface area contributed by atoms with Crippen molar-refractivity contribution in [2.45, 2.75) is 48.0 Å². The zero-order valence-electron chi connectivity index (χ0n) is 17.4. The third-order valence-corrected chi connectivity index (χ3v) is 7.44. The molecule has 0 unspecified atom stereocenters. The lowest BCUT2D eigenvalue weighted by Crippen LogP contribution is -2.59. The quantitative estimate of drug-likeness (QED) is 0.636. The highest BCUT2D eigenvalue weighted by molar-refractivity contribution is 8.00. The van der Waals surface area contributed by atoms with Crippen molar-refractivity contribution >= 4 is 23.4 Å². The molecule has 5 rings (SSSR count). The van der Waals surface area contributed by atoms with E-state index in [0.29, 0.717) is 5.16 Å². The molecule has 2 heterocycles. The van der Waals surface area contributed by atoms with Gasteiger partial charge in [-0.1, -0.05) is 61.4 Å². The standard InChI is InChI=1S/C23H25N5O2S/c1-30-18-12-10-17(11-13-18)24-21(29)19-23(14-6-3-7-15-23)27-28-20(25-26-22(28)31-19)16-8-4-2-5-9-16/h2,4-5,8-13,19,27H,3,6-7,14-15H2,1H3,(H,24,29)/t19-/m0/s1. The lowest BCUT2D eigenvalue weighted by atomic mass is 9.79. The van der Waals surface area contributed by atoms with E-state index in [1.165, 1.54) is 18.2 Å². The van der Waals surface area contributed by atoms with Crippen molar-refractivity contribution in [3.63, 3.8) is 0 Å². The Labute approximate surface area is 185 Å². The van der Waals surface area contributed by atoms with Gasteiger partial charge in [-0.2, -0.15) is 0 Å². The number of hydrogen-bond acceptors (Lipinski definition) is 6. The Bertz CT molecular complexity index is 1060. The molecule has 3 aromatic rings. The smallest absolute Gasteiger partial charge is 0.240 e. The van der Waals surface area contributed by atoms with Crippen LogP contribution in [0.1, 0.15) is 32.1 Å². The molecule has 2 aromatic carbocycles. The number of benzene rings is 2. The highest BCUT2D eigenvalue weighted by Crippen LogP contribution is 2.44. The number of methoxy groups -OCH3 is 1. The Morgan fingerprint density at radius 3 is 2.55 bits per heavy atom. The number of nitrogens with one attached hydrogen (secondary N) is 2. The van der Waals surface area contributed by atoms with Crippen molar-refractivity contribution in [3.8, 4) is 17.1 Å². The summed E-state index contributed by atoms with van der Waals surface area (Å²) >= 11 is 1.50. The van der Waals surface area contributed by atoms with Gasteiger partial charge in [-0.05, 0) is 37.1 Å². The molecule has 0 bridgehead atoms. The van der Waals surface area contributed by atoms with Crippen LogP contribution in [-0.2, 0) is 4.79 Å². The van der Waals surface area contributed by atoms with Gasteiger partial charge in [-0.25, -0.2) is 4.68 Å². The molecular formula is C23H25N5O2S. The zero-order chi connectivity index (χ0) is 21.3. The van der Waals surface area contributed by atoms with Crippen LogP contribution >= 0.6 is 11.8 Å². The summed E-state index contributed by atoms with van der Waals surface area (Å²) in [5.41, 5.74) is 5.11. The average molecular weight is 436 g/mol. The van der Waals surface area contributed by atoms with Gasteiger partial charge < -0.3 is 15.5 Å². The van der Waals surface area contributed by atoms with E-state index < -0.39 is 0 Å². The molecule has 0 radical (unpaired) electrons. The highest BCUT2D eigenvalue weighted by Gasteiger charge is 2.49. The summed E-state index contributed by atoms with van der Waals surface area (Å²) in [4.78, 5) is 13.4. The van der Waals surface area contributed by atoms with Gasteiger partial charge in [-0.3, -0.25) is 4.79 Å². The van der Waals surface area contributed by atoms with Crippen LogP contribution in [0.15, 0.2) is 59.8 Å². The van der Waals surface area contributed by atoms with Gasteiger partial charge in [0.1, 0.15) is 11.0 Å². The predicted octanol–water partition coefficient (Wildman–Crippen LogP) is 4.31. The third-order valence-electron chi connectivity index (χ3n) is 6.07. The molecule has 8 heteroatoms. The lowest BCUT2D eigenvalue weighted by molar-refractivity contribution is -0.117. The summed E-state index contributed by atoms with van der Waals surface area (Å²) in [6, 6.07) is 17.5. The van der Waals surface area contributed by atoms with E-state index in [4.69, 9.17) is 4.74 Å². The number of nitrogens with zero attached hydrogens (tertiary/aromatic N) is 3. The van der Waals surface area contributed by atoms with Crippen molar-refractivity contribution in [1.29, 1.82) is 0 Å². The largest absolute Gasteiger partial charge is 0.497 e. The Morgan fingerprint density at radius 1 is 1.10 bits per heavy atom. The van der Waals surface area contributed by atoms with Crippen LogP contribution in [-0.4, -0.2) is 38.7 Å². The van der Waals surface area contributed by atoms with Crippen molar-refractivity contribution in [2.75, 3.05) is 17.9 Å². The minimum atomic E-state index is -0.335. The molecule has 1 aliphatic heterocycles. The normalized spacial score (nSPS) is 19.3.